The number of hydrogen-bond acceptors (Lipinski definition) is 4. The molecule has 0 N–H and O–H groups in total. The normalized spacial score (nSPS) is 13.2. The summed E-state index contributed by atoms with van der Waals surface area (Å²) in [7, 11) is 0. The zero-order valence-corrected chi connectivity index (χ0v) is 12.6. The summed E-state index contributed by atoms with van der Waals surface area (Å²) in [5, 5.41) is 1.20. The van der Waals surface area contributed by atoms with Crippen molar-refractivity contribution in [3.8, 4) is 5.88 Å². The molecule has 0 aliphatic heterocycles. The van der Waals surface area contributed by atoms with Crippen LogP contribution in [-0.4, -0.2) is 16.1 Å². The lowest BCUT2D eigenvalue weighted by Gasteiger charge is -2.16. The predicted molar refractivity (Wildman–Crippen MR) is 76.7 cm³/mol. The summed E-state index contributed by atoms with van der Waals surface area (Å²) in [6.07, 6.45) is 1.12. The maximum absolute atomic E-state index is 5.93. The lowest BCUT2D eigenvalue weighted by atomic mass is 10.1. The summed E-state index contributed by atoms with van der Waals surface area (Å²) in [4.78, 5) is 10.5. The highest BCUT2D eigenvalue weighted by Gasteiger charge is 2.14. The highest BCUT2D eigenvalue weighted by molar-refractivity contribution is 7.18. The summed E-state index contributed by atoms with van der Waals surface area (Å²) in [5.41, 5.74) is 0. The monoisotopic (exact) mass is 284 g/mol. The van der Waals surface area contributed by atoms with E-state index in [4.69, 9.17) is 16.3 Å². The summed E-state index contributed by atoms with van der Waals surface area (Å²) in [5.74, 6) is 1.19. The van der Waals surface area contributed by atoms with Crippen LogP contribution < -0.4 is 4.74 Å². The highest BCUT2D eigenvalue weighted by Crippen LogP contribution is 2.31. The van der Waals surface area contributed by atoms with Gasteiger partial charge in [-0.05, 0) is 43.9 Å². The smallest absolute Gasteiger partial charge is 0.227 e. The van der Waals surface area contributed by atoms with Crippen LogP contribution in [0.5, 0.6) is 5.88 Å². The standard InChI is InChI=1S/C13H17ClN2OS/c1-7(2)5-8(3)17-11-10-6-9(4)18-12(10)16-13(14)15-11/h6-8H,5H2,1-4H3. The molecule has 1 unspecified atom stereocenters. The Kier molecular flexibility index (Phi) is 4.07. The largest absolute Gasteiger partial charge is 0.474 e. The van der Waals surface area contributed by atoms with Crippen molar-refractivity contribution in [3.63, 3.8) is 0 Å². The van der Waals surface area contributed by atoms with Gasteiger partial charge in [0.15, 0.2) is 0 Å². The van der Waals surface area contributed by atoms with E-state index in [0.717, 1.165) is 16.6 Å². The molecule has 0 spiro atoms. The molecule has 3 nitrogen and oxygen atoms in total. The van der Waals surface area contributed by atoms with E-state index in [1.165, 1.54) is 4.88 Å². The number of halogens is 1. The van der Waals surface area contributed by atoms with Crippen LogP contribution in [-0.2, 0) is 0 Å². The van der Waals surface area contributed by atoms with Gasteiger partial charge in [-0.25, -0.2) is 4.98 Å². The first-order chi connectivity index (χ1) is 8.45. The number of aryl methyl sites for hydroxylation is 1. The molecule has 0 aliphatic rings. The predicted octanol–water partition coefficient (Wildman–Crippen LogP) is 4.47. The molecule has 2 heterocycles. The molecule has 0 bridgehead atoms. The first kappa shape index (κ1) is 13.6. The van der Waals surface area contributed by atoms with Crippen molar-refractivity contribution >= 4 is 33.2 Å². The van der Waals surface area contributed by atoms with E-state index in [1.807, 2.05) is 13.0 Å². The molecule has 0 fully saturated rings. The minimum atomic E-state index is 0.124. The molecule has 0 radical (unpaired) electrons. The zero-order chi connectivity index (χ0) is 13.3. The summed E-state index contributed by atoms with van der Waals surface area (Å²) in [6.45, 7) is 8.46. The van der Waals surface area contributed by atoms with Crippen LogP contribution in [0.3, 0.4) is 0 Å². The lowest BCUT2D eigenvalue weighted by Crippen LogP contribution is -2.15. The Morgan fingerprint density at radius 2 is 2.06 bits per heavy atom. The van der Waals surface area contributed by atoms with Crippen molar-refractivity contribution in [1.29, 1.82) is 0 Å². The molecule has 18 heavy (non-hydrogen) atoms. The van der Waals surface area contributed by atoms with E-state index in [-0.39, 0.29) is 11.4 Å². The highest BCUT2D eigenvalue weighted by atomic mass is 35.5. The Morgan fingerprint density at radius 1 is 1.33 bits per heavy atom. The number of thiophene rings is 1. The van der Waals surface area contributed by atoms with Gasteiger partial charge in [-0.15, -0.1) is 11.3 Å². The maximum atomic E-state index is 5.93. The average molecular weight is 285 g/mol. The van der Waals surface area contributed by atoms with Crippen molar-refractivity contribution in [2.24, 2.45) is 5.92 Å². The molecule has 0 aromatic carbocycles. The molecule has 0 aliphatic carbocycles. The van der Waals surface area contributed by atoms with Gasteiger partial charge < -0.3 is 4.74 Å². The molecule has 5 heteroatoms. The second-order valence-corrected chi connectivity index (χ2v) is 6.50. The van der Waals surface area contributed by atoms with E-state index in [2.05, 4.69) is 30.7 Å². The first-order valence-electron chi connectivity index (χ1n) is 6.06. The van der Waals surface area contributed by atoms with E-state index in [1.54, 1.807) is 11.3 Å². The fourth-order valence-electron chi connectivity index (χ4n) is 1.98. The van der Waals surface area contributed by atoms with Crippen LogP contribution in [0.2, 0.25) is 5.28 Å². The van der Waals surface area contributed by atoms with Crippen LogP contribution >= 0.6 is 22.9 Å². The molecule has 0 amide bonds. The Morgan fingerprint density at radius 3 is 2.72 bits per heavy atom. The maximum Gasteiger partial charge on any atom is 0.227 e. The average Bonchev–Trinajstić information content (AvgIpc) is 2.56. The summed E-state index contributed by atoms with van der Waals surface area (Å²) in [6, 6.07) is 2.05. The van der Waals surface area contributed by atoms with Crippen LogP contribution in [0.1, 0.15) is 32.1 Å². The Bertz CT molecular complexity index is 553. The first-order valence-corrected chi connectivity index (χ1v) is 7.25. The van der Waals surface area contributed by atoms with Gasteiger partial charge in [0.1, 0.15) is 4.83 Å². The van der Waals surface area contributed by atoms with Gasteiger partial charge in [-0.3, -0.25) is 0 Å². The van der Waals surface area contributed by atoms with Crippen molar-refractivity contribution in [1.82, 2.24) is 9.97 Å². The third kappa shape index (κ3) is 3.12. The van der Waals surface area contributed by atoms with Crippen molar-refractivity contribution in [2.75, 3.05) is 0 Å². The van der Waals surface area contributed by atoms with Crippen molar-refractivity contribution in [3.05, 3.63) is 16.2 Å². The van der Waals surface area contributed by atoms with Crippen LogP contribution in [0.15, 0.2) is 6.07 Å². The van der Waals surface area contributed by atoms with Gasteiger partial charge in [0.05, 0.1) is 11.5 Å². The van der Waals surface area contributed by atoms with Gasteiger partial charge in [-0.2, -0.15) is 4.98 Å². The third-order valence-corrected chi connectivity index (χ3v) is 3.68. The van der Waals surface area contributed by atoms with Crippen LogP contribution in [0, 0.1) is 12.8 Å². The number of nitrogens with zero attached hydrogens (tertiary/aromatic N) is 2. The van der Waals surface area contributed by atoms with Gasteiger partial charge >= 0.3 is 0 Å². The molecule has 2 rings (SSSR count). The SMILES string of the molecule is Cc1cc2c(OC(C)CC(C)C)nc(Cl)nc2s1. The summed E-state index contributed by atoms with van der Waals surface area (Å²) < 4.78 is 5.90. The third-order valence-electron chi connectivity index (χ3n) is 2.57. The number of aromatic nitrogens is 2. The molecular weight excluding hydrogens is 268 g/mol. The lowest BCUT2D eigenvalue weighted by molar-refractivity contribution is 0.188. The molecule has 2 aromatic rings. The minimum Gasteiger partial charge on any atom is -0.474 e. The van der Waals surface area contributed by atoms with E-state index < -0.39 is 0 Å². The minimum absolute atomic E-state index is 0.124. The quantitative estimate of drug-likeness (QED) is 0.777. The van der Waals surface area contributed by atoms with Crippen molar-refractivity contribution < 1.29 is 4.74 Å². The van der Waals surface area contributed by atoms with Crippen LogP contribution in [0.25, 0.3) is 10.2 Å². The van der Waals surface area contributed by atoms with Crippen LogP contribution in [0.4, 0.5) is 0 Å². The second-order valence-electron chi connectivity index (χ2n) is 4.93. The second kappa shape index (κ2) is 5.41. The molecule has 0 saturated heterocycles. The van der Waals surface area contributed by atoms with Gasteiger partial charge in [-0.1, -0.05) is 13.8 Å². The molecule has 0 saturated carbocycles. The number of fused-ring (bicyclic) bond motifs is 1. The van der Waals surface area contributed by atoms with E-state index in [9.17, 15) is 0 Å². The van der Waals surface area contributed by atoms with Gasteiger partial charge in [0.2, 0.25) is 11.2 Å². The van der Waals surface area contributed by atoms with Gasteiger partial charge in [0.25, 0.3) is 0 Å². The fourth-order valence-corrected chi connectivity index (χ4v) is 3.06. The van der Waals surface area contributed by atoms with Crippen molar-refractivity contribution in [2.45, 2.75) is 40.2 Å². The number of ether oxygens (including phenoxy) is 1. The fraction of sp³-hybridized carbons (Fsp3) is 0.538. The van der Waals surface area contributed by atoms with E-state index >= 15 is 0 Å². The van der Waals surface area contributed by atoms with E-state index in [0.29, 0.717) is 11.8 Å². The number of hydrogen-bond donors (Lipinski definition) is 0. The summed E-state index contributed by atoms with van der Waals surface area (Å²) >= 11 is 7.53. The molecule has 1 atom stereocenters. The Hall–Kier alpha value is -0.870. The topological polar surface area (TPSA) is 35.0 Å². The molecule has 98 valence electrons. The zero-order valence-electron chi connectivity index (χ0n) is 11.0. The van der Waals surface area contributed by atoms with Gasteiger partial charge in [0, 0.05) is 4.88 Å². The Labute approximate surface area is 116 Å². The molecular formula is C13H17ClN2OS. The number of rotatable bonds is 4. The molecule has 2 aromatic heterocycles. The Balaban J connectivity index is 2.31.